The van der Waals surface area contributed by atoms with Gasteiger partial charge in [-0.25, -0.2) is 32.8 Å². The first-order valence-electron chi connectivity index (χ1n) is 11.2. The predicted molar refractivity (Wildman–Crippen MR) is 141 cm³/mol. The van der Waals surface area contributed by atoms with Gasteiger partial charge in [0.25, 0.3) is 11.4 Å². The number of nitriles is 2. The van der Waals surface area contributed by atoms with Crippen LogP contribution >= 0.6 is 0 Å². The lowest BCUT2D eigenvalue weighted by molar-refractivity contribution is 0.563. The summed E-state index contributed by atoms with van der Waals surface area (Å²) in [6, 6.07) is 14.0. The van der Waals surface area contributed by atoms with E-state index in [2.05, 4.69) is 9.69 Å². The van der Waals surface area contributed by atoms with Crippen molar-refractivity contribution in [3.63, 3.8) is 0 Å². The normalized spacial score (nSPS) is 14.9. The van der Waals surface area contributed by atoms with Gasteiger partial charge in [-0.05, 0) is 69.0 Å². The Morgan fingerprint density at radius 2 is 1.42 bits per heavy atom. The molecule has 0 aliphatic heterocycles. The third-order valence-electron chi connectivity index (χ3n) is 6.95. The van der Waals surface area contributed by atoms with E-state index in [0.29, 0.717) is 54.9 Å². The number of hydrogen-bond acceptors (Lipinski definition) is 5. The van der Waals surface area contributed by atoms with Crippen LogP contribution in [0.1, 0.15) is 27.8 Å². The summed E-state index contributed by atoms with van der Waals surface area (Å²) < 4.78 is 46.5. The molecule has 5 rings (SSSR count). The topological polar surface area (TPSA) is 128 Å². The van der Waals surface area contributed by atoms with Crippen molar-refractivity contribution in [3.05, 3.63) is 97.5 Å². The molecule has 0 fully saturated rings. The van der Waals surface area contributed by atoms with Gasteiger partial charge in [-0.1, -0.05) is 30.3 Å². The third kappa shape index (κ3) is 3.64. The number of rotatable bonds is 3. The largest absolute Gasteiger partial charge is 0.306 e. The van der Waals surface area contributed by atoms with E-state index in [-0.39, 0.29) is 34.9 Å². The monoisotopic (exact) mass is 536 g/mol. The van der Waals surface area contributed by atoms with Gasteiger partial charge in [0, 0.05) is 16.7 Å². The van der Waals surface area contributed by atoms with Gasteiger partial charge in [-0.2, -0.15) is 0 Å². The van der Waals surface area contributed by atoms with E-state index in [1.54, 1.807) is 30.3 Å². The van der Waals surface area contributed by atoms with Gasteiger partial charge in [-0.15, -0.1) is 0 Å². The molecule has 0 aromatic heterocycles. The Morgan fingerprint density at radius 3 is 1.89 bits per heavy atom. The summed E-state index contributed by atoms with van der Waals surface area (Å²) in [7, 11) is -3.63. The van der Waals surface area contributed by atoms with E-state index >= 15 is 0 Å². The Balaban J connectivity index is 2.07. The minimum atomic E-state index is -3.63. The van der Waals surface area contributed by atoms with Crippen molar-refractivity contribution in [2.75, 3.05) is 6.26 Å². The summed E-state index contributed by atoms with van der Waals surface area (Å²) in [5.41, 5.74) is 4.71. The first-order valence-corrected chi connectivity index (χ1v) is 14.3. The number of hydrogen-bond donors (Lipinski definition) is 1. The zero-order chi connectivity index (χ0) is 27.4. The summed E-state index contributed by atoms with van der Waals surface area (Å²) >= 11 is -2.12. The molecule has 2 aliphatic rings. The van der Waals surface area contributed by atoms with Gasteiger partial charge >= 0.3 is 0 Å². The van der Waals surface area contributed by atoms with Gasteiger partial charge in [0.15, 0.2) is 20.9 Å². The molecule has 0 spiro atoms. The second kappa shape index (κ2) is 9.06. The van der Waals surface area contributed by atoms with Crippen molar-refractivity contribution < 1.29 is 17.2 Å². The van der Waals surface area contributed by atoms with E-state index in [0.717, 1.165) is 11.8 Å². The van der Waals surface area contributed by atoms with E-state index in [9.17, 15) is 27.7 Å². The fraction of sp³-hybridized carbons (Fsp3) is 0.143. The molecule has 3 aromatic rings. The zero-order valence-corrected chi connectivity index (χ0v) is 21.5. The lowest BCUT2D eigenvalue weighted by Gasteiger charge is -2.13. The van der Waals surface area contributed by atoms with Crippen molar-refractivity contribution in [2.45, 2.75) is 23.5 Å². The molecule has 184 valence electrons. The van der Waals surface area contributed by atoms with E-state index in [4.69, 9.17) is 13.1 Å². The first-order chi connectivity index (χ1) is 18.2. The lowest BCUT2D eigenvalue weighted by Crippen LogP contribution is -2.25. The Bertz CT molecular complexity index is 2020. The molecule has 3 aromatic carbocycles. The second-order valence-corrected chi connectivity index (χ2v) is 11.8. The molecule has 1 atom stereocenters. The molecule has 0 saturated carbocycles. The molecule has 0 radical (unpaired) electrons. The number of sulfone groups is 1. The summed E-state index contributed by atoms with van der Waals surface area (Å²) in [5, 5.41) is 20.6. The van der Waals surface area contributed by atoms with Gasteiger partial charge in [0.05, 0.1) is 35.9 Å². The highest BCUT2D eigenvalue weighted by Gasteiger charge is 2.34. The van der Waals surface area contributed by atoms with Gasteiger partial charge in [-0.3, -0.25) is 0 Å². The molecule has 0 bridgehead atoms. The van der Waals surface area contributed by atoms with Crippen molar-refractivity contribution in [2.24, 2.45) is 0 Å². The average Bonchev–Trinajstić information content (AvgIpc) is 3.45. The van der Waals surface area contributed by atoms with Crippen LogP contribution in [0.5, 0.6) is 0 Å². The SMILES string of the molecule is [C-]#[N+]/C(C#N)=c1/c2c(/c(=C(\C#N)[N+]#[C-])c3c1-c1cccc(CS(=O)O)c1C3)-c1cccc(S(C)(=O)=O)c1C2. The van der Waals surface area contributed by atoms with Gasteiger partial charge < -0.3 is 4.55 Å². The molecule has 2 aliphatic carbocycles. The second-order valence-electron chi connectivity index (χ2n) is 8.92. The number of nitrogens with zero attached hydrogens (tertiary/aromatic N) is 4. The van der Waals surface area contributed by atoms with Crippen LogP contribution in [-0.2, 0) is 39.5 Å². The Labute approximate surface area is 221 Å². The summed E-state index contributed by atoms with van der Waals surface area (Å²) in [6.07, 6.45) is 1.41. The summed E-state index contributed by atoms with van der Waals surface area (Å²) in [4.78, 5) is 7.09. The van der Waals surface area contributed by atoms with Crippen LogP contribution in [0.2, 0.25) is 0 Å². The molecule has 38 heavy (non-hydrogen) atoms. The van der Waals surface area contributed by atoms with Crippen LogP contribution in [0.4, 0.5) is 0 Å². The summed E-state index contributed by atoms with van der Waals surface area (Å²) in [5.74, 6) is -0.128. The maximum atomic E-state index is 12.6. The molecule has 10 heteroatoms. The number of fused-ring (bicyclic) bond motifs is 6. The van der Waals surface area contributed by atoms with Crippen LogP contribution in [0.25, 0.3) is 43.3 Å². The first kappa shape index (κ1) is 25.1. The van der Waals surface area contributed by atoms with Gasteiger partial charge in [0.1, 0.15) is 0 Å². The molecular weight excluding hydrogens is 520 g/mol. The minimum Gasteiger partial charge on any atom is -0.306 e. The zero-order valence-electron chi connectivity index (χ0n) is 19.9. The Kier molecular flexibility index (Phi) is 5.98. The molecule has 0 amide bonds. The molecule has 0 heterocycles. The molecule has 1 N–H and O–H groups in total. The van der Waals surface area contributed by atoms with E-state index < -0.39 is 20.9 Å². The van der Waals surface area contributed by atoms with Crippen molar-refractivity contribution in [1.82, 2.24) is 0 Å². The van der Waals surface area contributed by atoms with Crippen LogP contribution in [0.15, 0.2) is 41.3 Å². The molecule has 0 saturated heterocycles. The highest BCUT2D eigenvalue weighted by atomic mass is 32.2. The highest BCUT2D eigenvalue weighted by molar-refractivity contribution is 7.90. The van der Waals surface area contributed by atoms with Crippen LogP contribution in [0.3, 0.4) is 0 Å². The lowest BCUT2D eigenvalue weighted by atomic mass is 9.90. The molecule has 8 nitrogen and oxygen atoms in total. The molecular formula is C28H16N4O4S2. The predicted octanol–water partition coefficient (Wildman–Crippen LogP) is 3.06. The van der Waals surface area contributed by atoms with Crippen LogP contribution < -0.4 is 10.4 Å². The minimum absolute atomic E-state index is 0.0939. The smallest absolute Gasteiger partial charge is 0.269 e. The quantitative estimate of drug-likeness (QED) is 0.279. The van der Waals surface area contributed by atoms with Gasteiger partial charge in [0.2, 0.25) is 0 Å². The van der Waals surface area contributed by atoms with Crippen molar-refractivity contribution in [1.29, 1.82) is 10.5 Å². The Hall–Kier alpha value is -4.58. The number of benzene rings is 3. The summed E-state index contributed by atoms with van der Waals surface area (Å²) in [6.45, 7) is 15.5. The Morgan fingerprint density at radius 1 is 0.921 bits per heavy atom. The molecule has 1 unspecified atom stereocenters. The van der Waals surface area contributed by atoms with Crippen LogP contribution in [-0.4, -0.2) is 23.4 Å². The van der Waals surface area contributed by atoms with Crippen molar-refractivity contribution >= 4 is 32.3 Å². The van der Waals surface area contributed by atoms with Crippen LogP contribution in [0, 0.1) is 35.8 Å². The third-order valence-corrected chi connectivity index (χ3v) is 8.69. The highest BCUT2D eigenvalue weighted by Crippen LogP contribution is 2.42. The maximum Gasteiger partial charge on any atom is 0.269 e. The fourth-order valence-electron chi connectivity index (χ4n) is 5.63. The maximum absolute atomic E-state index is 12.6. The average molecular weight is 537 g/mol. The van der Waals surface area contributed by atoms with E-state index in [1.165, 1.54) is 6.07 Å². The fourth-order valence-corrected chi connectivity index (χ4v) is 7.12. The van der Waals surface area contributed by atoms with E-state index in [1.807, 2.05) is 12.1 Å². The van der Waals surface area contributed by atoms with Crippen molar-refractivity contribution in [3.8, 4) is 34.4 Å². The standard InChI is InChI=1S/C28H16N4O4S2/c1-31-22(12-29)27-20-10-18-15(14-37(33)34)6-4-7-16(18)25(20)28(23(13-30)32-2)21-11-19-17(26(21)27)8-5-9-24(19)38(3,35)36/h4-9H,10-11,14H2,3H3,(H,33,34)/b27-22+,28-23-.